The quantitative estimate of drug-likeness (QED) is 0.152. The van der Waals surface area contributed by atoms with Crippen LogP contribution < -0.4 is 4.74 Å². The van der Waals surface area contributed by atoms with Crippen LogP contribution in [0.25, 0.3) is 32.9 Å². The fourth-order valence-corrected chi connectivity index (χ4v) is 7.58. The molecule has 0 radical (unpaired) electrons. The molecule has 10 heteroatoms. The van der Waals surface area contributed by atoms with Crippen LogP contribution in [0.2, 0.25) is 0 Å². The number of terminal acetylenes is 1. The number of benzene rings is 2. The van der Waals surface area contributed by atoms with Crippen LogP contribution >= 0.6 is 0 Å². The second-order valence-corrected chi connectivity index (χ2v) is 14.5. The molecule has 8 nitrogen and oxygen atoms in total. The van der Waals surface area contributed by atoms with Crippen LogP contribution in [0, 0.1) is 35.8 Å². The first-order valence-electron chi connectivity index (χ1n) is 16.5. The molecule has 2 aromatic carbocycles. The summed E-state index contributed by atoms with van der Waals surface area (Å²) >= 11 is 0. The van der Waals surface area contributed by atoms with Crippen molar-refractivity contribution >= 4 is 27.8 Å². The highest BCUT2D eigenvalue weighted by molar-refractivity contribution is 6.03. The molecule has 4 aromatic rings. The number of nitrogens with zero attached hydrogens (tertiary/aromatic N) is 4. The van der Waals surface area contributed by atoms with Crippen LogP contribution in [0.3, 0.4) is 0 Å². The van der Waals surface area contributed by atoms with Crippen LogP contribution in [0.1, 0.15) is 87.7 Å². The number of aromatic nitrogens is 3. The molecule has 2 atom stereocenters. The molecule has 3 heterocycles. The number of methoxy groups -OCH3 is 1. The maximum absolute atomic E-state index is 17.3. The van der Waals surface area contributed by atoms with Crippen molar-refractivity contribution in [2.75, 3.05) is 27.0 Å². The number of halogens is 2. The van der Waals surface area contributed by atoms with Crippen molar-refractivity contribution in [3.63, 3.8) is 0 Å². The Hall–Kier alpha value is -4.23. The number of ether oxygens (including phenoxy) is 3. The normalized spacial score (nSPS) is 22.3. The molecule has 244 valence electrons. The van der Waals surface area contributed by atoms with Crippen molar-refractivity contribution in [3.05, 3.63) is 52.9 Å². The monoisotopic (exact) mass is 640 g/mol. The molecular weight excluding hydrogens is 602 g/mol. The Morgan fingerprint density at radius 3 is 2.43 bits per heavy atom. The number of piperidine rings is 1. The Morgan fingerprint density at radius 1 is 1.06 bits per heavy atom. The van der Waals surface area contributed by atoms with Gasteiger partial charge in [-0.2, -0.15) is 5.10 Å². The van der Waals surface area contributed by atoms with E-state index in [2.05, 4.69) is 5.92 Å². The maximum Gasteiger partial charge on any atom is 0.410 e. The number of hydrogen-bond donors (Lipinski definition) is 0. The third kappa shape index (κ3) is 5.02. The lowest BCUT2D eigenvalue weighted by Crippen LogP contribution is -2.36. The minimum atomic E-state index is -0.561. The molecule has 1 saturated heterocycles. The number of pyridine rings is 1. The molecule has 4 fully saturated rings. The lowest BCUT2D eigenvalue weighted by Gasteiger charge is -2.27. The third-order valence-electron chi connectivity index (χ3n) is 10.2. The van der Waals surface area contributed by atoms with Gasteiger partial charge in [0.1, 0.15) is 28.4 Å². The molecule has 1 aliphatic heterocycles. The van der Waals surface area contributed by atoms with Crippen molar-refractivity contribution < 1.29 is 27.8 Å². The fourth-order valence-electron chi connectivity index (χ4n) is 7.58. The Morgan fingerprint density at radius 2 is 1.81 bits per heavy atom. The zero-order valence-corrected chi connectivity index (χ0v) is 27.1. The summed E-state index contributed by atoms with van der Waals surface area (Å²) in [5, 5.41) is 7.00. The molecule has 3 aliphatic carbocycles. The Balaban J connectivity index is 1.29. The number of fused-ring (bicyclic) bond motifs is 3. The van der Waals surface area contributed by atoms with E-state index >= 15 is 8.78 Å². The Kier molecular flexibility index (Phi) is 6.99. The summed E-state index contributed by atoms with van der Waals surface area (Å²) in [6.45, 7) is 6.78. The SMILES string of the molecule is C#Cc1c(F)ccc2cc(OCOC)cc(-c3nc(C4CCC4)c4c(C5C6CN(C(=O)OC(C)(C)C)CC65)nn(C5CC5)c4c3F)c12. The van der Waals surface area contributed by atoms with Crippen LogP contribution in [0.5, 0.6) is 5.75 Å². The topological polar surface area (TPSA) is 78.7 Å². The molecule has 2 unspecified atom stereocenters. The van der Waals surface area contributed by atoms with Gasteiger partial charge in [0, 0.05) is 48.4 Å². The number of carbonyl (C=O) groups excluding carboxylic acids is 1. The lowest BCUT2D eigenvalue weighted by atomic mass is 9.80. The highest BCUT2D eigenvalue weighted by Gasteiger charge is 2.60. The average molecular weight is 641 g/mol. The zero-order chi connectivity index (χ0) is 32.8. The molecule has 0 N–H and O–H groups in total. The van der Waals surface area contributed by atoms with E-state index < -0.39 is 17.2 Å². The van der Waals surface area contributed by atoms with Gasteiger partial charge in [-0.15, -0.1) is 6.42 Å². The smallest absolute Gasteiger partial charge is 0.410 e. The predicted molar refractivity (Wildman–Crippen MR) is 173 cm³/mol. The van der Waals surface area contributed by atoms with Gasteiger partial charge < -0.3 is 19.1 Å². The van der Waals surface area contributed by atoms with E-state index in [-0.39, 0.29) is 53.9 Å². The molecule has 3 saturated carbocycles. The highest BCUT2D eigenvalue weighted by Crippen LogP contribution is 2.60. The number of carbonyl (C=O) groups is 1. The van der Waals surface area contributed by atoms with Crippen molar-refractivity contribution in [1.82, 2.24) is 19.7 Å². The molecular formula is C37H38F2N4O4. The summed E-state index contributed by atoms with van der Waals surface area (Å²) in [7, 11) is 1.52. The summed E-state index contributed by atoms with van der Waals surface area (Å²) in [4.78, 5) is 19.7. The van der Waals surface area contributed by atoms with Gasteiger partial charge in [-0.25, -0.2) is 18.6 Å². The van der Waals surface area contributed by atoms with Gasteiger partial charge in [0.15, 0.2) is 12.6 Å². The first-order valence-corrected chi connectivity index (χ1v) is 16.5. The maximum atomic E-state index is 17.3. The van der Waals surface area contributed by atoms with E-state index in [1.54, 1.807) is 23.1 Å². The molecule has 2 aromatic heterocycles. The van der Waals surface area contributed by atoms with Crippen LogP contribution in [-0.4, -0.2) is 58.4 Å². The van der Waals surface area contributed by atoms with E-state index in [0.29, 0.717) is 40.7 Å². The largest absolute Gasteiger partial charge is 0.468 e. The van der Waals surface area contributed by atoms with Crippen LogP contribution in [-0.2, 0) is 9.47 Å². The first-order chi connectivity index (χ1) is 22.6. The zero-order valence-electron chi connectivity index (χ0n) is 27.1. The summed E-state index contributed by atoms with van der Waals surface area (Å²) in [6.07, 6.45) is 10.4. The van der Waals surface area contributed by atoms with Gasteiger partial charge in [-0.1, -0.05) is 18.4 Å². The number of amides is 1. The van der Waals surface area contributed by atoms with Gasteiger partial charge in [0.2, 0.25) is 0 Å². The molecule has 0 bridgehead atoms. The first kappa shape index (κ1) is 30.1. The minimum absolute atomic E-state index is 0.0106. The number of hydrogen-bond acceptors (Lipinski definition) is 6. The third-order valence-corrected chi connectivity index (χ3v) is 10.2. The molecule has 1 amide bonds. The predicted octanol–water partition coefficient (Wildman–Crippen LogP) is 7.68. The number of likely N-dealkylation sites (tertiary alicyclic amines) is 1. The van der Waals surface area contributed by atoms with Gasteiger partial charge in [-0.3, -0.25) is 4.68 Å². The van der Waals surface area contributed by atoms with E-state index in [4.69, 9.17) is 30.7 Å². The lowest BCUT2D eigenvalue weighted by molar-refractivity contribution is 0.0270. The summed E-state index contributed by atoms with van der Waals surface area (Å²) < 4.78 is 50.9. The molecule has 8 rings (SSSR count). The van der Waals surface area contributed by atoms with E-state index in [1.807, 2.05) is 25.5 Å². The molecule has 0 spiro atoms. The molecule has 47 heavy (non-hydrogen) atoms. The van der Waals surface area contributed by atoms with Crippen molar-refractivity contribution in [3.8, 4) is 29.4 Å². The van der Waals surface area contributed by atoms with E-state index in [0.717, 1.165) is 48.9 Å². The van der Waals surface area contributed by atoms with Gasteiger partial charge in [0.25, 0.3) is 0 Å². The van der Waals surface area contributed by atoms with Crippen molar-refractivity contribution in [1.29, 1.82) is 0 Å². The van der Waals surface area contributed by atoms with Crippen molar-refractivity contribution in [2.45, 2.75) is 76.4 Å². The van der Waals surface area contributed by atoms with Gasteiger partial charge in [0.05, 0.1) is 23.0 Å². The highest BCUT2D eigenvalue weighted by atomic mass is 19.1. The Labute approximate surface area is 272 Å². The average Bonchev–Trinajstić information content (AvgIpc) is 3.88. The summed E-state index contributed by atoms with van der Waals surface area (Å²) in [5.41, 5.74) is 2.18. The van der Waals surface area contributed by atoms with Gasteiger partial charge >= 0.3 is 6.09 Å². The summed E-state index contributed by atoms with van der Waals surface area (Å²) in [5.74, 6) is 2.64. The summed E-state index contributed by atoms with van der Waals surface area (Å²) in [6, 6.07) is 6.48. The Bertz CT molecular complexity index is 1970. The van der Waals surface area contributed by atoms with Gasteiger partial charge in [-0.05, 0) is 81.9 Å². The van der Waals surface area contributed by atoms with Crippen LogP contribution in [0.4, 0.5) is 13.6 Å². The number of rotatable bonds is 7. The standard InChI is InChI=1S/C37H38F2N4O4/c1-6-23-27(38)13-10-20-14-22(46-18-45-5)15-24(28(20)23)33-31(39)35-30(32(40-33)19-8-7-9-19)34(41-43(35)21-11-12-21)29-25-16-42(17-26(25)29)36(44)47-37(2,3)4/h1,10,13-15,19,21,25-26,29H,7-9,11-12,16-18H2,2-5H3. The van der Waals surface area contributed by atoms with E-state index in [1.165, 1.54) is 13.2 Å². The van der Waals surface area contributed by atoms with Crippen molar-refractivity contribution in [2.24, 2.45) is 11.8 Å². The fraction of sp³-hybridized carbons (Fsp3) is 0.486. The van der Waals surface area contributed by atoms with Crippen LogP contribution in [0.15, 0.2) is 24.3 Å². The second kappa shape index (κ2) is 10.9. The second-order valence-electron chi connectivity index (χ2n) is 14.5. The van der Waals surface area contributed by atoms with E-state index in [9.17, 15) is 4.79 Å². The molecule has 4 aliphatic rings. The minimum Gasteiger partial charge on any atom is -0.468 e.